The van der Waals surface area contributed by atoms with Gasteiger partial charge in [0.2, 0.25) is 0 Å². The number of fused-ring (bicyclic) bond motifs is 1. The fraction of sp³-hybridized carbons (Fsp3) is 0.600. The summed E-state index contributed by atoms with van der Waals surface area (Å²) in [5.74, 6) is 0.972. The molecular formula is C25H29NO7. The summed E-state index contributed by atoms with van der Waals surface area (Å²) in [6.07, 6.45) is 2.16. The molecule has 0 amide bonds. The summed E-state index contributed by atoms with van der Waals surface area (Å²) in [6, 6.07) is 4.00. The Kier molecular flexibility index (Phi) is 4.14. The fourth-order valence-electron chi connectivity index (χ4n) is 7.68. The standard InChI is InChI=1S/C25H29NO7/c1-12-20-23(12)10-14-4-5-15(30-3)19-18(14)24(11-23)21(33-19)16(6-8-25(20,24)29)32-22(28)13(2)31-17(27)7-9-26/h4-6,12-13,20-21,29H,7-11,26H2,1-3H3/t12?,13-,20+,21-,23-,24-,25+/m0/s1. The van der Waals surface area contributed by atoms with Crippen molar-refractivity contribution in [2.24, 2.45) is 23.0 Å². The highest BCUT2D eigenvalue weighted by Gasteiger charge is 2.87. The second-order valence-corrected chi connectivity index (χ2v) is 10.3. The van der Waals surface area contributed by atoms with Crippen molar-refractivity contribution in [3.8, 4) is 11.5 Å². The van der Waals surface area contributed by atoms with Crippen LogP contribution in [0.4, 0.5) is 0 Å². The number of carbonyl (C=O) groups is 2. The summed E-state index contributed by atoms with van der Waals surface area (Å²) in [5, 5.41) is 12.2. The molecule has 1 aromatic carbocycles. The molecule has 1 aliphatic heterocycles. The molecule has 6 rings (SSSR count). The first-order valence-electron chi connectivity index (χ1n) is 11.6. The molecule has 5 aliphatic rings. The average Bonchev–Trinajstić information content (AvgIpc) is 3.08. The molecule has 1 unspecified atom stereocenters. The Bertz CT molecular complexity index is 1110. The van der Waals surface area contributed by atoms with E-state index >= 15 is 0 Å². The molecule has 7 atom stereocenters. The van der Waals surface area contributed by atoms with E-state index in [-0.39, 0.29) is 24.3 Å². The molecule has 1 aromatic rings. The second-order valence-electron chi connectivity index (χ2n) is 10.3. The summed E-state index contributed by atoms with van der Waals surface area (Å²) in [4.78, 5) is 24.6. The molecule has 0 aromatic heterocycles. The Morgan fingerprint density at radius 3 is 2.88 bits per heavy atom. The van der Waals surface area contributed by atoms with E-state index in [1.165, 1.54) is 12.5 Å². The third-order valence-corrected chi connectivity index (χ3v) is 8.97. The molecule has 4 aliphatic carbocycles. The molecule has 2 fully saturated rings. The summed E-state index contributed by atoms with van der Waals surface area (Å²) in [7, 11) is 1.60. The van der Waals surface area contributed by atoms with Crippen molar-refractivity contribution >= 4 is 11.9 Å². The zero-order valence-corrected chi connectivity index (χ0v) is 19.1. The summed E-state index contributed by atoms with van der Waals surface area (Å²) in [6.45, 7) is 3.85. The van der Waals surface area contributed by atoms with Gasteiger partial charge in [-0.15, -0.1) is 0 Å². The largest absolute Gasteiger partial charge is 0.493 e. The Balaban J connectivity index is 1.38. The first kappa shape index (κ1) is 21.0. The van der Waals surface area contributed by atoms with Crippen LogP contribution in [0.3, 0.4) is 0 Å². The van der Waals surface area contributed by atoms with Gasteiger partial charge in [0.1, 0.15) is 5.76 Å². The van der Waals surface area contributed by atoms with Crippen LogP contribution >= 0.6 is 0 Å². The number of methoxy groups -OCH3 is 1. The lowest BCUT2D eigenvalue weighted by molar-refractivity contribution is -0.166. The average molecular weight is 456 g/mol. The summed E-state index contributed by atoms with van der Waals surface area (Å²) in [5.41, 5.74) is 5.94. The maximum absolute atomic E-state index is 12.8. The molecule has 176 valence electrons. The second kappa shape index (κ2) is 6.51. The smallest absolute Gasteiger partial charge is 0.352 e. The first-order valence-corrected chi connectivity index (χ1v) is 11.6. The number of hydrogen-bond acceptors (Lipinski definition) is 8. The number of nitrogens with two attached hydrogens (primary N) is 1. The van der Waals surface area contributed by atoms with Crippen molar-refractivity contribution in [1.29, 1.82) is 0 Å². The van der Waals surface area contributed by atoms with E-state index < -0.39 is 35.2 Å². The van der Waals surface area contributed by atoms with Gasteiger partial charge in [-0.1, -0.05) is 13.0 Å². The predicted molar refractivity (Wildman–Crippen MR) is 115 cm³/mol. The highest BCUT2D eigenvalue weighted by molar-refractivity contribution is 5.80. The number of benzene rings is 1. The van der Waals surface area contributed by atoms with Crippen LogP contribution in [0.5, 0.6) is 11.5 Å². The van der Waals surface area contributed by atoms with Crippen molar-refractivity contribution in [2.75, 3.05) is 13.7 Å². The van der Waals surface area contributed by atoms with Gasteiger partial charge in [0, 0.05) is 12.1 Å². The molecule has 2 bridgehead atoms. The first-order chi connectivity index (χ1) is 15.7. The minimum Gasteiger partial charge on any atom is -0.493 e. The van der Waals surface area contributed by atoms with Gasteiger partial charge in [0.25, 0.3) is 0 Å². The lowest BCUT2D eigenvalue weighted by Crippen LogP contribution is -2.60. The van der Waals surface area contributed by atoms with Crippen molar-refractivity contribution in [3.05, 3.63) is 35.1 Å². The quantitative estimate of drug-likeness (QED) is 0.623. The van der Waals surface area contributed by atoms with E-state index in [0.29, 0.717) is 29.6 Å². The minimum atomic E-state index is -1.08. The molecule has 2 saturated carbocycles. The highest BCUT2D eigenvalue weighted by atomic mass is 16.6. The van der Waals surface area contributed by atoms with E-state index in [1.54, 1.807) is 13.2 Å². The number of hydrogen-bond donors (Lipinski definition) is 2. The van der Waals surface area contributed by atoms with E-state index in [2.05, 4.69) is 13.0 Å². The van der Waals surface area contributed by atoms with E-state index in [4.69, 9.17) is 24.7 Å². The zero-order chi connectivity index (χ0) is 23.3. The predicted octanol–water partition coefficient (Wildman–Crippen LogP) is 1.75. The van der Waals surface area contributed by atoms with Crippen LogP contribution in [-0.4, -0.2) is 48.5 Å². The van der Waals surface area contributed by atoms with Crippen LogP contribution in [0.2, 0.25) is 0 Å². The monoisotopic (exact) mass is 455 g/mol. The Labute approximate surface area is 192 Å². The van der Waals surface area contributed by atoms with Gasteiger partial charge in [-0.3, -0.25) is 4.79 Å². The highest BCUT2D eigenvalue weighted by Crippen LogP contribution is 2.84. The molecular weight excluding hydrogens is 426 g/mol. The Hall–Kier alpha value is -2.58. The van der Waals surface area contributed by atoms with Gasteiger partial charge < -0.3 is 29.8 Å². The number of ether oxygens (including phenoxy) is 4. The van der Waals surface area contributed by atoms with Crippen LogP contribution in [0, 0.1) is 17.3 Å². The van der Waals surface area contributed by atoms with Crippen molar-refractivity contribution < 1.29 is 33.6 Å². The SMILES string of the molecule is COc1ccc2c3c1O[C@H]1C(OC(=O)[C@H](C)OC(=O)CCN)=CC[C@@]4(O)[C@@H]5C(C)[C@]5(C2)C[C@]314. The van der Waals surface area contributed by atoms with Crippen LogP contribution in [0.1, 0.15) is 44.2 Å². The topological polar surface area (TPSA) is 117 Å². The van der Waals surface area contributed by atoms with Crippen molar-refractivity contribution in [3.63, 3.8) is 0 Å². The Morgan fingerprint density at radius 1 is 1.36 bits per heavy atom. The molecule has 0 saturated heterocycles. The third kappa shape index (κ3) is 2.33. The van der Waals surface area contributed by atoms with Crippen LogP contribution in [-0.2, 0) is 30.9 Å². The van der Waals surface area contributed by atoms with Crippen LogP contribution in [0.15, 0.2) is 24.0 Å². The van der Waals surface area contributed by atoms with E-state index in [9.17, 15) is 14.7 Å². The minimum absolute atomic E-state index is 0.0295. The number of carbonyl (C=O) groups excluding carboxylic acids is 2. The van der Waals surface area contributed by atoms with Gasteiger partial charge in [0.15, 0.2) is 23.7 Å². The van der Waals surface area contributed by atoms with E-state index in [0.717, 1.165) is 18.4 Å². The summed E-state index contributed by atoms with van der Waals surface area (Å²) < 4.78 is 23.0. The molecule has 33 heavy (non-hydrogen) atoms. The fourth-order valence-corrected chi connectivity index (χ4v) is 7.68. The van der Waals surface area contributed by atoms with Crippen molar-refractivity contribution in [2.45, 2.75) is 62.8 Å². The number of esters is 2. The molecule has 8 nitrogen and oxygen atoms in total. The van der Waals surface area contributed by atoms with Gasteiger partial charge in [-0.2, -0.15) is 0 Å². The van der Waals surface area contributed by atoms with Crippen LogP contribution in [0.25, 0.3) is 0 Å². The van der Waals surface area contributed by atoms with Gasteiger partial charge in [0.05, 0.1) is 24.5 Å². The summed E-state index contributed by atoms with van der Waals surface area (Å²) >= 11 is 0. The number of rotatable bonds is 6. The molecule has 1 heterocycles. The normalized spacial score (nSPS) is 38.9. The van der Waals surface area contributed by atoms with Crippen molar-refractivity contribution in [1.82, 2.24) is 0 Å². The van der Waals surface area contributed by atoms with Gasteiger partial charge in [-0.25, -0.2) is 4.79 Å². The van der Waals surface area contributed by atoms with Gasteiger partial charge in [-0.05, 0) is 61.1 Å². The molecule has 2 spiro atoms. The maximum Gasteiger partial charge on any atom is 0.352 e. The van der Waals surface area contributed by atoms with Crippen LogP contribution < -0.4 is 15.2 Å². The van der Waals surface area contributed by atoms with Gasteiger partial charge >= 0.3 is 11.9 Å². The molecule has 3 N–H and O–H groups in total. The number of aliphatic hydroxyl groups is 1. The molecule has 8 heteroatoms. The zero-order valence-electron chi connectivity index (χ0n) is 19.1. The lowest BCUT2D eigenvalue weighted by atomic mass is 9.56. The Morgan fingerprint density at radius 2 is 2.15 bits per heavy atom. The lowest BCUT2D eigenvalue weighted by Gasteiger charge is -2.49. The third-order valence-electron chi connectivity index (χ3n) is 8.97. The molecule has 0 radical (unpaired) electrons. The van der Waals surface area contributed by atoms with E-state index in [1.807, 2.05) is 6.07 Å². The maximum atomic E-state index is 12.8.